The van der Waals surface area contributed by atoms with Crippen molar-refractivity contribution in [2.75, 3.05) is 6.54 Å². The maximum Gasteiger partial charge on any atom is 0.328 e. The van der Waals surface area contributed by atoms with Crippen molar-refractivity contribution in [1.82, 2.24) is 14.8 Å². The number of benzene rings is 2. The summed E-state index contributed by atoms with van der Waals surface area (Å²) in [7, 11) is 0. The largest absolute Gasteiger partial charge is 0.356 e. The molecular weight excluding hydrogens is 386 g/mol. The van der Waals surface area contributed by atoms with Crippen LogP contribution in [0, 0.1) is 0 Å². The van der Waals surface area contributed by atoms with Crippen molar-refractivity contribution >= 4 is 22.8 Å². The molecule has 0 bridgehead atoms. The SMILES string of the molecule is CCCCN1C(=O)[C@@H]2Cc3c([nH]c4ccccc34)[C@H](c3ccc(C(C)C)cc3)N2C1=O. The molecule has 160 valence electrons. The summed E-state index contributed by atoms with van der Waals surface area (Å²) in [4.78, 5) is 33.6. The average molecular weight is 416 g/mol. The number of para-hydroxylation sites is 1. The molecule has 5 heteroatoms. The first kappa shape index (κ1) is 19.9. The van der Waals surface area contributed by atoms with E-state index in [-0.39, 0.29) is 18.0 Å². The maximum absolute atomic E-state index is 13.5. The number of hydrogen-bond acceptors (Lipinski definition) is 2. The van der Waals surface area contributed by atoms with Gasteiger partial charge in [0.25, 0.3) is 5.91 Å². The molecule has 0 unspecified atom stereocenters. The second kappa shape index (κ2) is 7.56. The van der Waals surface area contributed by atoms with Crippen molar-refractivity contribution < 1.29 is 9.59 Å². The van der Waals surface area contributed by atoms with Gasteiger partial charge in [-0.15, -0.1) is 0 Å². The number of hydrogen-bond donors (Lipinski definition) is 1. The van der Waals surface area contributed by atoms with Crippen molar-refractivity contribution in [2.24, 2.45) is 0 Å². The molecule has 2 atom stereocenters. The Bertz CT molecular complexity index is 1150. The van der Waals surface area contributed by atoms with E-state index in [1.54, 1.807) is 0 Å². The van der Waals surface area contributed by atoms with E-state index < -0.39 is 6.04 Å². The third-order valence-corrected chi connectivity index (χ3v) is 6.79. The first-order chi connectivity index (χ1) is 15.0. The molecule has 2 aliphatic rings. The van der Waals surface area contributed by atoms with Crippen LogP contribution in [0.1, 0.15) is 68.0 Å². The van der Waals surface area contributed by atoms with Gasteiger partial charge in [0.1, 0.15) is 12.1 Å². The zero-order chi connectivity index (χ0) is 21.7. The Kier molecular flexibility index (Phi) is 4.84. The summed E-state index contributed by atoms with van der Waals surface area (Å²) >= 11 is 0. The summed E-state index contributed by atoms with van der Waals surface area (Å²) in [6, 6.07) is 15.8. The molecule has 1 N–H and O–H groups in total. The molecule has 3 aromatic rings. The van der Waals surface area contributed by atoms with Gasteiger partial charge in [0, 0.05) is 29.6 Å². The molecule has 0 radical (unpaired) electrons. The summed E-state index contributed by atoms with van der Waals surface area (Å²) in [6.45, 7) is 6.93. The second-order valence-electron chi connectivity index (χ2n) is 9.04. The van der Waals surface area contributed by atoms with Gasteiger partial charge in [-0.2, -0.15) is 0 Å². The quantitative estimate of drug-likeness (QED) is 0.570. The van der Waals surface area contributed by atoms with E-state index in [1.807, 2.05) is 17.0 Å². The van der Waals surface area contributed by atoms with Crippen LogP contribution in [0.3, 0.4) is 0 Å². The summed E-state index contributed by atoms with van der Waals surface area (Å²) in [5.74, 6) is 0.384. The molecule has 3 amide bonds. The number of nitrogens with zero attached hydrogens (tertiary/aromatic N) is 2. The van der Waals surface area contributed by atoms with Crippen LogP contribution in [0.4, 0.5) is 4.79 Å². The summed E-state index contributed by atoms with van der Waals surface area (Å²) in [5, 5.41) is 1.15. The van der Waals surface area contributed by atoms with Gasteiger partial charge in [-0.25, -0.2) is 4.79 Å². The highest BCUT2D eigenvalue weighted by Gasteiger charge is 2.52. The summed E-state index contributed by atoms with van der Waals surface area (Å²) < 4.78 is 0. The molecule has 1 aromatic heterocycles. The molecule has 2 aliphatic heterocycles. The molecular formula is C26H29N3O2. The Morgan fingerprint density at radius 3 is 2.52 bits per heavy atom. The van der Waals surface area contributed by atoms with Crippen molar-refractivity contribution in [3.63, 3.8) is 0 Å². The Hall–Kier alpha value is -3.08. The number of amides is 3. The maximum atomic E-state index is 13.5. The Morgan fingerprint density at radius 1 is 1.06 bits per heavy atom. The monoisotopic (exact) mass is 415 g/mol. The van der Waals surface area contributed by atoms with Crippen LogP contribution in [0.15, 0.2) is 48.5 Å². The number of urea groups is 1. The Labute approximate surface area is 183 Å². The lowest BCUT2D eigenvalue weighted by Crippen LogP contribution is -2.44. The zero-order valence-electron chi connectivity index (χ0n) is 18.4. The van der Waals surface area contributed by atoms with Gasteiger partial charge in [0.2, 0.25) is 0 Å². The Balaban J connectivity index is 1.65. The molecule has 5 nitrogen and oxygen atoms in total. The first-order valence-corrected chi connectivity index (χ1v) is 11.3. The van der Waals surface area contributed by atoms with Crippen molar-refractivity contribution in [3.8, 4) is 0 Å². The molecule has 0 spiro atoms. The Morgan fingerprint density at radius 2 is 1.81 bits per heavy atom. The van der Waals surface area contributed by atoms with Gasteiger partial charge in [-0.1, -0.05) is 69.7 Å². The highest BCUT2D eigenvalue weighted by molar-refractivity contribution is 6.05. The van der Waals surface area contributed by atoms with Gasteiger partial charge in [0.15, 0.2) is 0 Å². The smallest absolute Gasteiger partial charge is 0.328 e. The highest BCUT2D eigenvalue weighted by Crippen LogP contribution is 2.44. The van der Waals surface area contributed by atoms with Crippen molar-refractivity contribution in [2.45, 2.75) is 58.0 Å². The number of aromatic nitrogens is 1. The van der Waals surface area contributed by atoms with Crippen molar-refractivity contribution in [3.05, 3.63) is 70.9 Å². The lowest BCUT2D eigenvalue weighted by atomic mass is 9.88. The number of carbonyl (C=O) groups is 2. The van der Waals surface area contributed by atoms with Crippen LogP contribution in [-0.2, 0) is 11.2 Å². The fraction of sp³-hybridized carbons (Fsp3) is 0.385. The van der Waals surface area contributed by atoms with Gasteiger partial charge in [0.05, 0.1) is 0 Å². The highest BCUT2D eigenvalue weighted by atomic mass is 16.2. The molecule has 2 aromatic carbocycles. The lowest BCUT2D eigenvalue weighted by molar-refractivity contribution is -0.128. The van der Waals surface area contributed by atoms with Crippen LogP contribution in [0.5, 0.6) is 0 Å². The molecule has 3 heterocycles. The second-order valence-corrected chi connectivity index (χ2v) is 9.04. The molecule has 1 fully saturated rings. The van der Waals surface area contributed by atoms with E-state index in [2.05, 4.69) is 62.2 Å². The number of imide groups is 1. The predicted molar refractivity (Wildman–Crippen MR) is 122 cm³/mol. The van der Waals surface area contributed by atoms with E-state index in [0.29, 0.717) is 18.9 Å². The molecule has 0 aliphatic carbocycles. The topological polar surface area (TPSA) is 56.4 Å². The number of rotatable bonds is 5. The fourth-order valence-corrected chi connectivity index (χ4v) is 5.06. The molecule has 1 saturated heterocycles. The van der Waals surface area contributed by atoms with E-state index in [1.165, 1.54) is 10.5 Å². The fourth-order valence-electron chi connectivity index (χ4n) is 5.06. The van der Waals surface area contributed by atoms with E-state index in [4.69, 9.17) is 0 Å². The molecule has 31 heavy (non-hydrogen) atoms. The standard InChI is InChI=1S/C26H29N3O2/c1-4-5-14-28-25(30)22-15-20-19-8-6-7-9-21(19)27-23(20)24(29(22)26(28)31)18-12-10-17(11-13-18)16(2)3/h6-13,16,22,24,27H,4-5,14-15H2,1-3H3/t22-,24-/m0/s1. The third-order valence-electron chi connectivity index (χ3n) is 6.79. The average Bonchev–Trinajstić information content (AvgIpc) is 3.26. The normalized spacial score (nSPS) is 20.6. The third kappa shape index (κ3) is 3.06. The molecule has 5 rings (SSSR count). The van der Waals surface area contributed by atoms with Crippen LogP contribution in [0.25, 0.3) is 10.9 Å². The predicted octanol–water partition coefficient (Wildman–Crippen LogP) is 5.37. The number of carbonyl (C=O) groups excluding carboxylic acids is 2. The van der Waals surface area contributed by atoms with Gasteiger partial charge < -0.3 is 4.98 Å². The summed E-state index contributed by atoms with van der Waals surface area (Å²) in [5.41, 5.74) is 5.56. The van der Waals surface area contributed by atoms with Crippen LogP contribution in [0.2, 0.25) is 0 Å². The van der Waals surface area contributed by atoms with Gasteiger partial charge in [-0.05, 0) is 35.1 Å². The minimum Gasteiger partial charge on any atom is -0.356 e. The van der Waals surface area contributed by atoms with Crippen LogP contribution < -0.4 is 0 Å². The van der Waals surface area contributed by atoms with E-state index in [0.717, 1.165) is 40.6 Å². The number of nitrogens with one attached hydrogen (secondary N) is 1. The number of unbranched alkanes of at least 4 members (excludes halogenated alkanes) is 1. The van der Waals surface area contributed by atoms with E-state index >= 15 is 0 Å². The molecule has 0 saturated carbocycles. The van der Waals surface area contributed by atoms with Crippen LogP contribution >= 0.6 is 0 Å². The zero-order valence-corrected chi connectivity index (χ0v) is 18.4. The van der Waals surface area contributed by atoms with Crippen LogP contribution in [-0.4, -0.2) is 39.3 Å². The number of H-pyrrole nitrogens is 1. The first-order valence-electron chi connectivity index (χ1n) is 11.3. The van der Waals surface area contributed by atoms with Gasteiger partial charge >= 0.3 is 6.03 Å². The minimum absolute atomic E-state index is 0.0572. The minimum atomic E-state index is -0.439. The number of aromatic amines is 1. The lowest BCUT2D eigenvalue weighted by Gasteiger charge is -2.36. The number of fused-ring (bicyclic) bond motifs is 4. The summed E-state index contributed by atoms with van der Waals surface area (Å²) in [6.07, 6.45) is 2.35. The van der Waals surface area contributed by atoms with E-state index in [9.17, 15) is 9.59 Å². The van der Waals surface area contributed by atoms with Crippen molar-refractivity contribution in [1.29, 1.82) is 0 Å². The van der Waals surface area contributed by atoms with Gasteiger partial charge in [-0.3, -0.25) is 14.6 Å².